The van der Waals surface area contributed by atoms with Crippen molar-refractivity contribution in [1.29, 1.82) is 0 Å². The number of piperidine rings is 1. The van der Waals surface area contributed by atoms with Gasteiger partial charge in [-0.3, -0.25) is 4.79 Å². The average Bonchev–Trinajstić information content (AvgIpc) is 2.41. The number of nitrogens with zero attached hydrogens (tertiary/aromatic N) is 1. The van der Waals surface area contributed by atoms with Crippen LogP contribution in [0.4, 0.5) is 0 Å². The van der Waals surface area contributed by atoms with E-state index in [0.717, 1.165) is 19.5 Å². The second-order valence-electron chi connectivity index (χ2n) is 4.78. The maximum atomic E-state index is 11.4. The summed E-state index contributed by atoms with van der Waals surface area (Å²) < 4.78 is 4.92. The molecule has 1 heterocycles. The van der Waals surface area contributed by atoms with Gasteiger partial charge in [0.1, 0.15) is 0 Å². The summed E-state index contributed by atoms with van der Waals surface area (Å²) in [6, 6.07) is 0. The molecular formula is C13H27N3O2. The van der Waals surface area contributed by atoms with Crippen LogP contribution < -0.4 is 10.6 Å². The molecular weight excluding hydrogens is 230 g/mol. The number of carbonyl (C=O) groups excluding carboxylic acids is 1. The van der Waals surface area contributed by atoms with Gasteiger partial charge in [0, 0.05) is 33.4 Å². The molecule has 2 N–H and O–H groups in total. The summed E-state index contributed by atoms with van der Waals surface area (Å²) >= 11 is 0. The normalized spacial score (nSPS) is 16.7. The quantitative estimate of drug-likeness (QED) is 0.580. The molecule has 5 heteroatoms. The van der Waals surface area contributed by atoms with Gasteiger partial charge < -0.3 is 20.3 Å². The van der Waals surface area contributed by atoms with E-state index in [1.165, 1.54) is 32.4 Å². The van der Waals surface area contributed by atoms with E-state index < -0.39 is 0 Å². The molecule has 1 saturated heterocycles. The Morgan fingerprint density at radius 3 is 2.72 bits per heavy atom. The predicted molar refractivity (Wildman–Crippen MR) is 72.7 cm³/mol. The van der Waals surface area contributed by atoms with Gasteiger partial charge in [0.25, 0.3) is 0 Å². The van der Waals surface area contributed by atoms with Gasteiger partial charge in [0.15, 0.2) is 0 Å². The fourth-order valence-corrected chi connectivity index (χ4v) is 2.13. The summed E-state index contributed by atoms with van der Waals surface area (Å²) in [5.41, 5.74) is 0. The molecule has 5 nitrogen and oxygen atoms in total. The second-order valence-corrected chi connectivity index (χ2v) is 4.78. The maximum Gasteiger partial charge on any atom is 0.233 e. The first-order valence-electron chi connectivity index (χ1n) is 7.01. The average molecular weight is 257 g/mol. The van der Waals surface area contributed by atoms with Gasteiger partial charge in [-0.2, -0.15) is 0 Å². The number of amides is 1. The zero-order chi connectivity index (χ0) is 13.1. The van der Waals surface area contributed by atoms with Crippen molar-refractivity contribution in [1.82, 2.24) is 15.5 Å². The molecule has 106 valence electrons. The van der Waals surface area contributed by atoms with Crippen LogP contribution in [0.15, 0.2) is 0 Å². The Hall–Kier alpha value is -0.650. The molecule has 1 fully saturated rings. The lowest BCUT2D eigenvalue weighted by molar-refractivity contribution is -0.120. The van der Waals surface area contributed by atoms with E-state index in [2.05, 4.69) is 15.5 Å². The second kappa shape index (κ2) is 10.3. The van der Waals surface area contributed by atoms with Crippen molar-refractivity contribution in [3.63, 3.8) is 0 Å². The van der Waals surface area contributed by atoms with Crippen molar-refractivity contribution in [2.45, 2.75) is 25.7 Å². The summed E-state index contributed by atoms with van der Waals surface area (Å²) in [6.07, 6.45) is 4.88. The Balaban J connectivity index is 1.88. The predicted octanol–water partition coefficient (Wildman–Crippen LogP) is 0.215. The Morgan fingerprint density at radius 2 is 2.00 bits per heavy atom. The highest BCUT2D eigenvalue weighted by atomic mass is 16.5. The third-order valence-electron chi connectivity index (χ3n) is 3.19. The van der Waals surface area contributed by atoms with Crippen molar-refractivity contribution in [2.24, 2.45) is 0 Å². The number of carbonyl (C=O) groups is 1. The van der Waals surface area contributed by atoms with Gasteiger partial charge in [0.05, 0.1) is 6.54 Å². The SMILES string of the molecule is COCCCNC(=O)CNCCN1CCCCC1. The van der Waals surface area contributed by atoms with Crippen LogP contribution in [-0.2, 0) is 9.53 Å². The van der Waals surface area contributed by atoms with E-state index in [0.29, 0.717) is 19.7 Å². The van der Waals surface area contributed by atoms with Crippen LogP contribution in [0.25, 0.3) is 0 Å². The lowest BCUT2D eigenvalue weighted by Gasteiger charge is -2.26. The van der Waals surface area contributed by atoms with Crippen LogP contribution in [0.3, 0.4) is 0 Å². The van der Waals surface area contributed by atoms with Crippen LogP contribution in [0, 0.1) is 0 Å². The van der Waals surface area contributed by atoms with Crippen molar-refractivity contribution < 1.29 is 9.53 Å². The highest BCUT2D eigenvalue weighted by Crippen LogP contribution is 2.06. The molecule has 0 aromatic rings. The number of likely N-dealkylation sites (tertiary alicyclic amines) is 1. The molecule has 0 aromatic carbocycles. The summed E-state index contributed by atoms with van der Waals surface area (Å²) in [6.45, 7) is 6.18. The third kappa shape index (κ3) is 7.63. The van der Waals surface area contributed by atoms with Crippen molar-refractivity contribution >= 4 is 5.91 Å². The molecule has 0 saturated carbocycles. The lowest BCUT2D eigenvalue weighted by atomic mass is 10.1. The van der Waals surface area contributed by atoms with Crippen molar-refractivity contribution in [3.8, 4) is 0 Å². The Kier molecular flexibility index (Phi) is 8.81. The standard InChI is InChI=1S/C13H27N3O2/c1-18-11-5-6-15-13(17)12-14-7-10-16-8-3-2-4-9-16/h14H,2-12H2,1H3,(H,15,17). The minimum atomic E-state index is 0.0738. The highest BCUT2D eigenvalue weighted by molar-refractivity contribution is 5.77. The number of hydrogen-bond acceptors (Lipinski definition) is 4. The molecule has 0 atom stereocenters. The number of rotatable bonds is 9. The molecule has 0 radical (unpaired) electrons. The van der Waals surface area contributed by atoms with E-state index in [9.17, 15) is 4.79 Å². The molecule has 1 rings (SSSR count). The topological polar surface area (TPSA) is 53.6 Å². The summed E-state index contributed by atoms with van der Waals surface area (Å²) in [7, 11) is 1.67. The van der Waals surface area contributed by atoms with E-state index in [1.807, 2.05) is 0 Å². The van der Waals surface area contributed by atoms with Crippen molar-refractivity contribution in [3.05, 3.63) is 0 Å². The molecule has 0 aromatic heterocycles. The molecule has 0 spiro atoms. The Labute approximate surface area is 110 Å². The first-order valence-corrected chi connectivity index (χ1v) is 7.01. The van der Waals surface area contributed by atoms with Gasteiger partial charge in [-0.25, -0.2) is 0 Å². The summed E-state index contributed by atoms with van der Waals surface area (Å²) in [4.78, 5) is 13.9. The summed E-state index contributed by atoms with van der Waals surface area (Å²) in [5.74, 6) is 0.0738. The monoisotopic (exact) mass is 257 g/mol. The van der Waals surface area contributed by atoms with Crippen LogP contribution in [-0.4, -0.2) is 63.8 Å². The fourth-order valence-electron chi connectivity index (χ4n) is 2.13. The zero-order valence-corrected chi connectivity index (χ0v) is 11.5. The Morgan fingerprint density at radius 1 is 1.22 bits per heavy atom. The molecule has 0 unspecified atom stereocenters. The highest BCUT2D eigenvalue weighted by Gasteiger charge is 2.09. The number of ether oxygens (including phenoxy) is 1. The minimum Gasteiger partial charge on any atom is -0.385 e. The molecule has 0 bridgehead atoms. The smallest absolute Gasteiger partial charge is 0.233 e. The Bertz CT molecular complexity index is 218. The van der Waals surface area contributed by atoms with E-state index in [4.69, 9.17) is 4.74 Å². The van der Waals surface area contributed by atoms with E-state index >= 15 is 0 Å². The largest absolute Gasteiger partial charge is 0.385 e. The van der Waals surface area contributed by atoms with Gasteiger partial charge in [0.2, 0.25) is 5.91 Å². The zero-order valence-electron chi connectivity index (χ0n) is 11.5. The molecule has 1 aliphatic heterocycles. The van der Waals surface area contributed by atoms with Crippen LogP contribution in [0.2, 0.25) is 0 Å². The molecule has 18 heavy (non-hydrogen) atoms. The van der Waals surface area contributed by atoms with Crippen LogP contribution >= 0.6 is 0 Å². The number of nitrogens with one attached hydrogen (secondary N) is 2. The van der Waals surface area contributed by atoms with Crippen LogP contribution in [0.1, 0.15) is 25.7 Å². The summed E-state index contributed by atoms with van der Waals surface area (Å²) in [5, 5.41) is 6.05. The maximum absolute atomic E-state index is 11.4. The first-order chi connectivity index (χ1) is 8.83. The van der Waals surface area contributed by atoms with Gasteiger partial charge >= 0.3 is 0 Å². The molecule has 1 amide bonds. The fraction of sp³-hybridized carbons (Fsp3) is 0.923. The molecule has 1 aliphatic rings. The van der Waals surface area contributed by atoms with Crippen LogP contribution in [0.5, 0.6) is 0 Å². The van der Waals surface area contributed by atoms with Gasteiger partial charge in [-0.05, 0) is 32.4 Å². The first kappa shape index (κ1) is 15.4. The number of methoxy groups -OCH3 is 1. The minimum absolute atomic E-state index is 0.0738. The third-order valence-corrected chi connectivity index (χ3v) is 3.19. The van der Waals surface area contributed by atoms with E-state index in [-0.39, 0.29) is 5.91 Å². The lowest BCUT2D eigenvalue weighted by Crippen LogP contribution is -2.40. The van der Waals surface area contributed by atoms with E-state index in [1.54, 1.807) is 7.11 Å². The molecule has 0 aliphatic carbocycles. The number of hydrogen-bond donors (Lipinski definition) is 2. The van der Waals surface area contributed by atoms with Gasteiger partial charge in [-0.15, -0.1) is 0 Å². The van der Waals surface area contributed by atoms with Gasteiger partial charge in [-0.1, -0.05) is 6.42 Å². The van der Waals surface area contributed by atoms with Crippen molar-refractivity contribution in [2.75, 3.05) is 53.0 Å².